The summed E-state index contributed by atoms with van der Waals surface area (Å²) in [4.78, 5) is 18.9. The maximum absolute atomic E-state index is 11.5. The van der Waals surface area contributed by atoms with E-state index < -0.39 is 0 Å². The number of hydrogen-bond donors (Lipinski definition) is 0. The van der Waals surface area contributed by atoms with Crippen LogP contribution in [0.4, 0.5) is 0 Å². The largest absolute Gasteiger partial charge is 0.330 e. The van der Waals surface area contributed by atoms with E-state index in [0.717, 1.165) is 49.0 Å². The van der Waals surface area contributed by atoms with Crippen LogP contribution in [0.3, 0.4) is 0 Å². The summed E-state index contributed by atoms with van der Waals surface area (Å²) in [6, 6.07) is 2.03. The zero-order chi connectivity index (χ0) is 18.8. The summed E-state index contributed by atoms with van der Waals surface area (Å²) in [6.07, 6.45) is 7.80. The summed E-state index contributed by atoms with van der Waals surface area (Å²) in [5, 5.41) is 11.0. The van der Waals surface area contributed by atoms with Crippen molar-refractivity contribution < 1.29 is 4.79 Å². The van der Waals surface area contributed by atoms with Gasteiger partial charge in [-0.05, 0) is 43.3 Å². The van der Waals surface area contributed by atoms with Gasteiger partial charge in [-0.2, -0.15) is 0 Å². The summed E-state index contributed by atoms with van der Waals surface area (Å²) in [6.45, 7) is 5.26. The van der Waals surface area contributed by atoms with Crippen molar-refractivity contribution >= 4 is 17.1 Å². The van der Waals surface area contributed by atoms with Crippen LogP contribution in [-0.4, -0.2) is 48.1 Å². The minimum atomic E-state index is 0.146. The van der Waals surface area contributed by atoms with Crippen molar-refractivity contribution in [1.29, 1.82) is 0 Å². The third-order valence-electron chi connectivity index (χ3n) is 5.16. The van der Waals surface area contributed by atoms with Gasteiger partial charge < -0.3 is 9.13 Å². The van der Waals surface area contributed by atoms with Crippen molar-refractivity contribution in [2.45, 2.75) is 38.8 Å². The summed E-state index contributed by atoms with van der Waals surface area (Å²) >= 11 is 1.54. The Bertz CT molecular complexity index is 913. The van der Waals surface area contributed by atoms with Crippen molar-refractivity contribution in [3.63, 3.8) is 0 Å². The van der Waals surface area contributed by atoms with Crippen molar-refractivity contribution in [2.24, 2.45) is 7.05 Å². The van der Waals surface area contributed by atoms with Crippen molar-refractivity contribution in [3.8, 4) is 0 Å². The highest BCUT2D eigenvalue weighted by Crippen LogP contribution is 2.27. The van der Waals surface area contributed by atoms with Crippen LogP contribution < -0.4 is 0 Å². The smallest absolute Gasteiger partial charge is 0.169 e. The molecule has 1 fully saturated rings. The molecule has 0 aromatic carbocycles. The van der Waals surface area contributed by atoms with Crippen LogP contribution >= 0.6 is 11.3 Å². The van der Waals surface area contributed by atoms with Crippen LogP contribution in [0.5, 0.6) is 0 Å². The van der Waals surface area contributed by atoms with Gasteiger partial charge in [-0.25, -0.2) is 4.98 Å². The molecule has 0 amide bonds. The summed E-state index contributed by atoms with van der Waals surface area (Å²) in [5.74, 6) is 2.54. The number of ketones is 1. The lowest BCUT2D eigenvalue weighted by atomic mass is 9.97. The molecule has 0 radical (unpaired) electrons. The van der Waals surface area contributed by atoms with Crippen LogP contribution in [0.1, 0.15) is 52.6 Å². The number of nitrogens with zero attached hydrogens (tertiary/aromatic N) is 6. The highest BCUT2D eigenvalue weighted by Gasteiger charge is 2.26. The summed E-state index contributed by atoms with van der Waals surface area (Å²) < 4.78 is 4.14. The number of hydrogen-bond acceptors (Lipinski definition) is 6. The maximum Gasteiger partial charge on any atom is 0.169 e. The molecule has 1 atom stereocenters. The van der Waals surface area contributed by atoms with E-state index in [2.05, 4.69) is 37.1 Å². The molecule has 4 rings (SSSR count). The van der Waals surface area contributed by atoms with E-state index in [0.29, 0.717) is 12.5 Å². The van der Waals surface area contributed by atoms with E-state index in [1.54, 1.807) is 30.8 Å². The number of thiophene rings is 1. The van der Waals surface area contributed by atoms with Gasteiger partial charge in [-0.15, -0.1) is 21.5 Å². The van der Waals surface area contributed by atoms with E-state index in [1.165, 1.54) is 5.56 Å². The Kier molecular flexibility index (Phi) is 5.18. The van der Waals surface area contributed by atoms with Gasteiger partial charge in [0.15, 0.2) is 11.6 Å². The van der Waals surface area contributed by atoms with Crippen molar-refractivity contribution in [2.75, 3.05) is 13.1 Å². The van der Waals surface area contributed by atoms with Crippen LogP contribution in [0.15, 0.2) is 30.2 Å². The standard InChI is InChI=1S/C19H24N6OS/c1-14(26)17-8-15(12-27-17)9-24-6-3-4-16(10-24)19-22-21-18(23(19)2)11-25-7-5-20-13-25/h5,7-8,12-13,16H,3-4,6,9-11H2,1-2H3. The molecule has 3 aromatic rings. The monoisotopic (exact) mass is 384 g/mol. The Labute approximate surface area is 162 Å². The molecule has 1 aliphatic rings. The number of piperidine rings is 1. The van der Waals surface area contributed by atoms with E-state index in [4.69, 9.17) is 0 Å². The van der Waals surface area contributed by atoms with Gasteiger partial charge >= 0.3 is 0 Å². The molecule has 3 aromatic heterocycles. The Morgan fingerprint density at radius 3 is 2.96 bits per heavy atom. The van der Waals surface area contributed by atoms with Gasteiger partial charge in [0.25, 0.3) is 0 Å². The van der Waals surface area contributed by atoms with Gasteiger partial charge in [0.2, 0.25) is 0 Å². The molecule has 0 N–H and O–H groups in total. The predicted molar refractivity (Wildman–Crippen MR) is 104 cm³/mol. The fraction of sp³-hybridized carbons (Fsp3) is 0.474. The van der Waals surface area contributed by atoms with E-state index in [1.807, 2.05) is 16.8 Å². The SMILES string of the molecule is CC(=O)c1cc(CN2CCCC(c3nnc(Cn4ccnc4)n3C)C2)cs1. The summed E-state index contributed by atoms with van der Waals surface area (Å²) in [5.41, 5.74) is 1.23. The zero-order valence-electron chi connectivity index (χ0n) is 15.7. The minimum Gasteiger partial charge on any atom is -0.330 e. The molecule has 0 bridgehead atoms. The molecule has 4 heterocycles. The first-order valence-corrected chi connectivity index (χ1v) is 10.1. The number of carbonyl (C=O) groups is 1. The average Bonchev–Trinajstić information content (AvgIpc) is 3.39. The Morgan fingerprint density at radius 2 is 2.22 bits per heavy atom. The van der Waals surface area contributed by atoms with E-state index >= 15 is 0 Å². The molecule has 1 aliphatic heterocycles. The lowest BCUT2D eigenvalue weighted by Gasteiger charge is -2.32. The third-order valence-corrected chi connectivity index (χ3v) is 6.24. The maximum atomic E-state index is 11.5. The minimum absolute atomic E-state index is 0.146. The number of aromatic nitrogens is 5. The van der Waals surface area contributed by atoms with E-state index in [9.17, 15) is 4.79 Å². The molecule has 1 unspecified atom stereocenters. The number of carbonyl (C=O) groups excluding carboxylic acids is 1. The predicted octanol–water partition coefficient (Wildman–Crippen LogP) is 2.70. The molecular formula is C19H24N6OS. The van der Waals surface area contributed by atoms with Crippen LogP contribution in [0, 0.1) is 0 Å². The normalized spacial score (nSPS) is 18.1. The van der Waals surface area contributed by atoms with Gasteiger partial charge in [0.1, 0.15) is 5.82 Å². The molecular weight excluding hydrogens is 360 g/mol. The average molecular weight is 385 g/mol. The molecule has 142 valence electrons. The molecule has 27 heavy (non-hydrogen) atoms. The Morgan fingerprint density at radius 1 is 1.33 bits per heavy atom. The van der Waals surface area contributed by atoms with Gasteiger partial charge in [-0.3, -0.25) is 9.69 Å². The van der Waals surface area contributed by atoms with E-state index in [-0.39, 0.29) is 5.78 Å². The topological polar surface area (TPSA) is 68.8 Å². The van der Waals surface area contributed by atoms with Crippen molar-refractivity contribution in [3.05, 3.63) is 52.3 Å². The second-order valence-electron chi connectivity index (χ2n) is 7.22. The highest BCUT2D eigenvalue weighted by molar-refractivity contribution is 7.12. The molecule has 7 nitrogen and oxygen atoms in total. The first-order valence-electron chi connectivity index (χ1n) is 9.24. The number of imidazole rings is 1. The highest BCUT2D eigenvalue weighted by atomic mass is 32.1. The number of likely N-dealkylation sites (tertiary alicyclic amines) is 1. The first kappa shape index (κ1) is 18.1. The quantitative estimate of drug-likeness (QED) is 0.611. The van der Waals surface area contributed by atoms with Gasteiger partial charge in [0.05, 0.1) is 17.7 Å². The molecule has 1 saturated heterocycles. The van der Waals surface area contributed by atoms with Crippen LogP contribution in [0.2, 0.25) is 0 Å². The second kappa shape index (κ2) is 7.74. The summed E-state index contributed by atoms with van der Waals surface area (Å²) in [7, 11) is 2.05. The van der Waals surface area contributed by atoms with Crippen molar-refractivity contribution in [1.82, 2.24) is 29.2 Å². The Balaban J connectivity index is 1.43. The first-order chi connectivity index (χ1) is 13.1. The molecule has 0 aliphatic carbocycles. The van der Waals surface area contributed by atoms with Crippen LogP contribution in [-0.2, 0) is 20.1 Å². The van der Waals surface area contributed by atoms with Crippen LogP contribution in [0.25, 0.3) is 0 Å². The zero-order valence-corrected chi connectivity index (χ0v) is 16.5. The van der Waals surface area contributed by atoms with Gasteiger partial charge in [-0.1, -0.05) is 0 Å². The fourth-order valence-electron chi connectivity index (χ4n) is 3.72. The lowest BCUT2D eigenvalue weighted by Crippen LogP contribution is -2.34. The Hall–Kier alpha value is -2.32. The lowest BCUT2D eigenvalue weighted by molar-refractivity contribution is 0.102. The second-order valence-corrected chi connectivity index (χ2v) is 8.13. The fourth-order valence-corrected chi connectivity index (χ4v) is 4.53. The number of Topliss-reactive ketones (excluding diaryl/α,β-unsaturated/α-hetero) is 1. The third kappa shape index (κ3) is 4.01. The molecule has 0 saturated carbocycles. The molecule has 0 spiro atoms. The molecule has 8 heteroatoms. The number of rotatable bonds is 6. The van der Waals surface area contributed by atoms with Gasteiger partial charge in [0, 0.05) is 38.4 Å².